The van der Waals surface area contributed by atoms with E-state index in [0.717, 1.165) is 32.8 Å². The number of piperazine rings is 1. The van der Waals surface area contributed by atoms with Gasteiger partial charge in [-0.3, -0.25) is 4.90 Å². The Morgan fingerprint density at radius 3 is 2.22 bits per heavy atom. The van der Waals surface area contributed by atoms with Gasteiger partial charge in [0.1, 0.15) is 5.60 Å². The summed E-state index contributed by atoms with van der Waals surface area (Å²) in [5.41, 5.74) is -0.419. The van der Waals surface area contributed by atoms with Crippen molar-refractivity contribution in [2.45, 2.75) is 39.3 Å². The number of carbonyl (C=O) groups excluding carboxylic acids is 1. The molecular weight excluding hydrogens is 232 g/mol. The monoisotopic (exact) mass is 258 g/mol. The fraction of sp³-hybridized carbons (Fsp3) is 0.923. The Hall–Kier alpha value is -0.810. The number of ether oxygens (including phenoxy) is 2. The summed E-state index contributed by atoms with van der Waals surface area (Å²) < 4.78 is 10.5. The van der Waals surface area contributed by atoms with Gasteiger partial charge >= 0.3 is 6.09 Å². The molecule has 1 atom stereocenters. The molecule has 0 aromatic heterocycles. The number of hydrogen-bond acceptors (Lipinski definition) is 4. The number of rotatable bonds is 3. The fourth-order valence-electron chi connectivity index (χ4n) is 2.02. The van der Waals surface area contributed by atoms with Gasteiger partial charge in [0.25, 0.3) is 0 Å². The summed E-state index contributed by atoms with van der Waals surface area (Å²) in [6.45, 7) is 11.8. The van der Waals surface area contributed by atoms with Crippen LogP contribution in [0.1, 0.15) is 27.7 Å². The zero-order chi connectivity index (χ0) is 13.8. The minimum absolute atomic E-state index is 0.207. The van der Waals surface area contributed by atoms with Crippen molar-refractivity contribution < 1.29 is 14.3 Å². The molecule has 0 aromatic rings. The summed E-state index contributed by atoms with van der Waals surface area (Å²) in [6, 6.07) is 0.399. The van der Waals surface area contributed by atoms with Crippen LogP contribution in [0.25, 0.3) is 0 Å². The van der Waals surface area contributed by atoms with Gasteiger partial charge in [-0.2, -0.15) is 0 Å². The Balaban J connectivity index is 2.37. The van der Waals surface area contributed by atoms with Gasteiger partial charge < -0.3 is 14.4 Å². The van der Waals surface area contributed by atoms with Crippen LogP contribution >= 0.6 is 0 Å². The molecule has 1 amide bonds. The summed E-state index contributed by atoms with van der Waals surface area (Å²) in [7, 11) is 1.72. The van der Waals surface area contributed by atoms with Crippen molar-refractivity contribution in [2.75, 3.05) is 39.9 Å². The molecule has 0 bridgehead atoms. The molecule has 1 heterocycles. The second-order valence-corrected chi connectivity index (χ2v) is 5.81. The molecule has 1 rings (SSSR count). The largest absolute Gasteiger partial charge is 0.444 e. The first-order valence-corrected chi connectivity index (χ1v) is 6.54. The lowest BCUT2D eigenvalue weighted by atomic mass is 10.2. The van der Waals surface area contributed by atoms with Gasteiger partial charge in [0.15, 0.2) is 0 Å². The standard InChI is InChI=1S/C13H26N2O3/c1-11(10-17-5)14-6-8-15(9-7-14)12(16)18-13(2,3)4/h11H,6-10H2,1-5H3/t11-/m1/s1. The van der Waals surface area contributed by atoms with Crippen LogP contribution in [0.3, 0.4) is 0 Å². The molecule has 0 unspecified atom stereocenters. The molecule has 1 saturated heterocycles. The zero-order valence-corrected chi connectivity index (χ0v) is 12.2. The second kappa shape index (κ2) is 6.38. The molecule has 5 heteroatoms. The summed E-state index contributed by atoms with van der Waals surface area (Å²) in [6.07, 6.45) is -0.207. The highest BCUT2D eigenvalue weighted by molar-refractivity contribution is 5.68. The fourth-order valence-corrected chi connectivity index (χ4v) is 2.02. The molecule has 1 aliphatic rings. The second-order valence-electron chi connectivity index (χ2n) is 5.81. The smallest absolute Gasteiger partial charge is 0.410 e. The Bertz CT molecular complexity index is 268. The Morgan fingerprint density at radius 2 is 1.78 bits per heavy atom. The Labute approximate surface area is 110 Å². The van der Waals surface area contributed by atoms with Crippen molar-refractivity contribution in [1.82, 2.24) is 9.80 Å². The third kappa shape index (κ3) is 4.82. The van der Waals surface area contributed by atoms with E-state index in [1.807, 2.05) is 20.8 Å². The van der Waals surface area contributed by atoms with Crippen LogP contribution in [0.4, 0.5) is 4.79 Å². The first-order chi connectivity index (χ1) is 8.33. The van der Waals surface area contributed by atoms with E-state index in [0.29, 0.717) is 6.04 Å². The van der Waals surface area contributed by atoms with Gasteiger partial charge in [-0.1, -0.05) is 0 Å². The number of carbonyl (C=O) groups is 1. The molecule has 18 heavy (non-hydrogen) atoms. The van der Waals surface area contributed by atoms with Crippen LogP contribution in [-0.4, -0.2) is 67.4 Å². The van der Waals surface area contributed by atoms with E-state index in [-0.39, 0.29) is 6.09 Å². The molecule has 106 valence electrons. The van der Waals surface area contributed by atoms with E-state index in [2.05, 4.69) is 11.8 Å². The maximum Gasteiger partial charge on any atom is 0.410 e. The van der Waals surface area contributed by atoms with Crippen LogP contribution < -0.4 is 0 Å². The van der Waals surface area contributed by atoms with E-state index in [1.165, 1.54) is 0 Å². The van der Waals surface area contributed by atoms with E-state index in [1.54, 1.807) is 12.0 Å². The first kappa shape index (κ1) is 15.2. The van der Waals surface area contributed by atoms with Gasteiger partial charge in [-0.05, 0) is 27.7 Å². The van der Waals surface area contributed by atoms with Gasteiger partial charge in [0.2, 0.25) is 0 Å². The minimum atomic E-state index is -0.419. The van der Waals surface area contributed by atoms with Crippen molar-refractivity contribution in [3.63, 3.8) is 0 Å². The molecule has 1 aliphatic heterocycles. The number of hydrogen-bond donors (Lipinski definition) is 0. The van der Waals surface area contributed by atoms with Gasteiger partial charge in [0.05, 0.1) is 6.61 Å². The maximum absolute atomic E-state index is 11.9. The van der Waals surface area contributed by atoms with Crippen molar-refractivity contribution in [1.29, 1.82) is 0 Å². The Kier molecular flexibility index (Phi) is 5.41. The van der Waals surface area contributed by atoms with Crippen molar-refractivity contribution in [2.24, 2.45) is 0 Å². The van der Waals surface area contributed by atoms with E-state index < -0.39 is 5.60 Å². The molecule has 0 spiro atoms. The lowest BCUT2D eigenvalue weighted by molar-refractivity contribution is 0.00617. The van der Waals surface area contributed by atoms with Crippen LogP contribution in [0.15, 0.2) is 0 Å². The molecule has 0 N–H and O–H groups in total. The highest BCUT2D eigenvalue weighted by atomic mass is 16.6. The van der Waals surface area contributed by atoms with Crippen molar-refractivity contribution >= 4 is 6.09 Å². The van der Waals surface area contributed by atoms with Gasteiger partial charge in [0, 0.05) is 39.3 Å². The van der Waals surface area contributed by atoms with E-state index in [9.17, 15) is 4.79 Å². The van der Waals surface area contributed by atoms with E-state index in [4.69, 9.17) is 9.47 Å². The zero-order valence-electron chi connectivity index (χ0n) is 12.2. The van der Waals surface area contributed by atoms with E-state index >= 15 is 0 Å². The molecule has 0 aliphatic carbocycles. The Morgan fingerprint density at radius 1 is 1.22 bits per heavy atom. The molecular formula is C13H26N2O3. The molecule has 0 aromatic carbocycles. The molecule has 0 radical (unpaired) electrons. The highest BCUT2D eigenvalue weighted by Gasteiger charge is 2.27. The third-order valence-electron chi connectivity index (χ3n) is 3.00. The van der Waals surface area contributed by atoms with Crippen LogP contribution in [0.5, 0.6) is 0 Å². The van der Waals surface area contributed by atoms with Gasteiger partial charge in [-0.15, -0.1) is 0 Å². The SMILES string of the molecule is COC[C@@H](C)N1CCN(C(=O)OC(C)(C)C)CC1. The van der Waals surface area contributed by atoms with Crippen molar-refractivity contribution in [3.05, 3.63) is 0 Å². The van der Waals surface area contributed by atoms with Crippen molar-refractivity contribution in [3.8, 4) is 0 Å². The van der Waals surface area contributed by atoms with Gasteiger partial charge in [-0.25, -0.2) is 4.79 Å². The van der Waals surface area contributed by atoms with Crippen LogP contribution in [0.2, 0.25) is 0 Å². The predicted octanol–water partition coefficient (Wildman–Crippen LogP) is 1.57. The quantitative estimate of drug-likeness (QED) is 0.770. The number of nitrogens with zero attached hydrogens (tertiary/aromatic N) is 2. The summed E-state index contributed by atoms with van der Waals surface area (Å²) in [4.78, 5) is 16.0. The first-order valence-electron chi connectivity index (χ1n) is 6.54. The molecule has 1 fully saturated rings. The predicted molar refractivity (Wildman–Crippen MR) is 70.7 cm³/mol. The van der Waals surface area contributed by atoms with Crippen LogP contribution in [0, 0.1) is 0 Å². The highest BCUT2D eigenvalue weighted by Crippen LogP contribution is 2.12. The minimum Gasteiger partial charge on any atom is -0.444 e. The maximum atomic E-state index is 11.9. The van der Waals surface area contributed by atoms with Crippen LogP contribution in [-0.2, 0) is 9.47 Å². The topological polar surface area (TPSA) is 42.0 Å². The number of methoxy groups -OCH3 is 1. The number of amides is 1. The lowest BCUT2D eigenvalue weighted by Crippen LogP contribution is -2.53. The summed E-state index contributed by atoms with van der Waals surface area (Å²) in [5.74, 6) is 0. The molecule has 0 saturated carbocycles. The normalized spacial score (nSPS) is 19.7. The average molecular weight is 258 g/mol. The molecule has 5 nitrogen and oxygen atoms in total. The third-order valence-corrected chi connectivity index (χ3v) is 3.00. The lowest BCUT2D eigenvalue weighted by Gasteiger charge is -2.38. The summed E-state index contributed by atoms with van der Waals surface area (Å²) in [5, 5.41) is 0. The average Bonchev–Trinajstić information content (AvgIpc) is 2.27. The summed E-state index contributed by atoms with van der Waals surface area (Å²) >= 11 is 0.